The standard InChI is InChI=1S/C14H18N4O3/c1-8-3-4-18(7-11(8)19)12-9-6-16-17(2)13(9)15-5-10(12)14(20)21/h5-6,8,11,19H,3-4,7H2,1-2H3,(H,20,21). The summed E-state index contributed by atoms with van der Waals surface area (Å²) in [5.41, 5.74) is 1.40. The van der Waals surface area contributed by atoms with Gasteiger partial charge < -0.3 is 15.1 Å². The zero-order valence-corrected chi connectivity index (χ0v) is 12.0. The predicted octanol–water partition coefficient (Wildman–Crippen LogP) is 0.874. The van der Waals surface area contributed by atoms with Crippen LogP contribution in [0, 0.1) is 5.92 Å². The molecule has 7 nitrogen and oxygen atoms in total. The number of aliphatic hydroxyl groups is 1. The smallest absolute Gasteiger partial charge is 0.339 e. The number of aliphatic hydroxyl groups excluding tert-OH is 1. The maximum Gasteiger partial charge on any atom is 0.339 e. The predicted molar refractivity (Wildman–Crippen MR) is 77.5 cm³/mol. The van der Waals surface area contributed by atoms with E-state index in [1.54, 1.807) is 17.9 Å². The molecule has 2 atom stereocenters. The molecule has 0 aliphatic carbocycles. The average Bonchev–Trinajstić information content (AvgIpc) is 2.82. The molecule has 2 N–H and O–H groups in total. The van der Waals surface area contributed by atoms with Crippen LogP contribution in [0.3, 0.4) is 0 Å². The zero-order chi connectivity index (χ0) is 15.1. The van der Waals surface area contributed by atoms with Crippen molar-refractivity contribution in [3.05, 3.63) is 18.0 Å². The molecule has 2 aromatic heterocycles. The SMILES string of the molecule is CC1CCN(c2c(C(=O)O)cnc3c2cnn3C)CC1O. The number of carbonyl (C=O) groups is 1. The van der Waals surface area contributed by atoms with Crippen molar-refractivity contribution in [2.75, 3.05) is 18.0 Å². The van der Waals surface area contributed by atoms with Crippen LogP contribution < -0.4 is 4.90 Å². The van der Waals surface area contributed by atoms with Crippen molar-refractivity contribution in [1.29, 1.82) is 0 Å². The summed E-state index contributed by atoms with van der Waals surface area (Å²) in [7, 11) is 1.77. The summed E-state index contributed by atoms with van der Waals surface area (Å²) >= 11 is 0. The minimum absolute atomic E-state index is 0.150. The number of piperidine rings is 1. The molecule has 1 aliphatic heterocycles. The van der Waals surface area contributed by atoms with Crippen molar-refractivity contribution in [1.82, 2.24) is 14.8 Å². The van der Waals surface area contributed by atoms with E-state index in [1.807, 2.05) is 11.8 Å². The molecule has 1 saturated heterocycles. The van der Waals surface area contributed by atoms with Gasteiger partial charge in [-0.05, 0) is 12.3 Å². The largest absolute Gasteiger partial charge is 0.478 e. The van der Waals surface area contributed by atoms with Crippen LogP contribution >= 0.6 is 0 Å². The van der Waals surface area contributed by atoms with E-state index in [0.717, 1.165) is 6.42 Å². The van der Waals surface area contributed by atoms with E-state index in [9.17, 15) is 15.0 Å². The van der Waals surface area contributed by atoms with Crippen LogP contribution in [0.5, 0.6) is 0 Å². The molecule has 0 bridgehead atoms. The Bertz CT molecular complexity index is 697. The summed E-state index contributed by atoms with van der Waals surface area (Å²) in [6.07, 6.45) is 3.37. The topological polar surface area (TPSA) is 91.5 Å². The molecule has 0 aromatic carbocycles. The lowest BCUT2D eigenvalue weighted by molar-refractivity contribution is 0.0695. The van der Waals surface area contributed by atoms with Gasteiger partial charge in [-0.15, -0.1) is 0 Å². The Morgan fingerprint density at radius 1 is 1.43 bits per heavy atom. The Balaban J connectivity index is 2.14. The van der Waals surface area contributed by atoms with E-state index >= 15 is 0 Å². The van der Waals surface area contributed by atoms with E-state index in [0.29, 0.717) is 29.8 Å². The van der Waals surface area contributed by atoms with E-state index in [2.05, 4.69) is 10.1 Å². The van der Waals surface area contributed by atoms with Crippen LogP contribution in [0.25, 0.3) is 11.0 Å². The van der Waals surface area contributed by atoms with E-state index in [1.165, 1.54) is 6.20 Å². The Morgan fingerprint density at radius 3 is 2.86 bits per heavy atom. The van der Waals surface area contributed by atoms with Crippen LogP contribution in [-0.4, -0.2) is 50.1 Å². The number of pyridine rings is 1. The summed E-state index contributed by atoms with van der Waals surface area (Å²) < 4.78 is 1.62. The van der Waals surface area contributed by atoms with Gasteiger partial charge in [0, 0.05) is 26.3 Å². The third-order valence-electron chi connectivity index (χ3n) is 4.20. The Labute approximate surface area is 121 Å². The summed E-state index contributed by atoms with van der Waals surface area (Å²) in [6, 6.07) is 0. The van der Waals surface area contributed by atoms with Crippen molar-refractivity contribution < 1.29 is 15.0 Å². The number of β-amino-alcohol motifs (C(OH)–C–C–N with tert-alkyl or cyclic N) is 1. The fraction of sp³-hybridized carbons (Fsp3) is 0.500. The highest BCUT2D eigenvalue weighted by molar-refractivity contribution is 6.03. The monoisotopic (exact) mass is 290 g/mol. The third kappa shape index (κ3) is 2.23. The van der Waals surface area contributed by atoms with Crippen LogP contribution in [0.1, 0.15) is 23.7 Å². The lowest BCUT2D eigenvalue weighted by Gasteiger charge is -2.36. The zero-order valence-electron chi connectivity index (χ0n) is 12.0. The third-order valence-corrected chi connectivity index (χ3v) is 4.20. The molecule has 2 unspecified atom stereocenters. The molecule has 7 heteroatoms. The number of hydrogen-bond donors (Lipinski definition) is 2. The second-order valence-electron chi connectivity index (χ2n) is 5.61. The molecular formula is C14H18N4O3. The Hall–Kier alpha value is -2.15. The maximum atomic E-state index is 11.5. The molecule has 2 aromatic rings. The molecule has 0 amide bonds. The van der Waals surface area contributed by atoms with Crippen molar-refractivity contribution in [3.63, 3.8) is 0 Å². The highest BCUT2D eigenvalue weighted by atomic mass is 16.4. The van der Waals surface area contributed by atoms with Gasteiger partial charge in [0.2, 0.25) is 0 Å². The van der Waals surface area contributed by atoms with Gasteiger partial charge >= 0.3 is 5.97 Å². The lowest BCUT2D eigenvalue weighted by Crippen LogP contribution is -2.43. The number of carboxylic acids is 1. The molecule has 1 aliphatic rings. The van der Waals surface area contributed by atoms with Gasteiger partial charge in [0.1, 0.15) is 5.56 Å². The fourth-order valence-corrected chi connectivity index (χ4v) is 2.83. The normalized spacial score (nSPS) is 22.7. The minimum Gasteiger partial charge on any atom is -0.478 e. The van der Waals surface area contributed by atoms with Gasteiger partial charge in [-0.25, -0.2) is 9.78 Å². The number of hydrogen-bond acceptors (Lipinski definition) is 5. The van der Waals surface area contributed by atoms with Crippen molar-refractivity contribution in [3.8, 4) is 0 Å². The van der Waals surface area contributed by atoms with E-state index < -0.39 is 12.1 Å². The summed E-state index contributed by atoms with van der Waals surface area (Å²) in [6.45, 7) is 3.15. The van der Waals surface area contributed by atoms with Crippen LogP contribution in [-0.2, 0) is 7.05 Å². The number of rotatable bonds is 2. The molecule has 0 radical (unpaired) electrons. The fourth-order valence-electron chi connectivity index (χ4n) is 2.83. The Kier molecular flexibility index (Phi) is 3.29. The first kappa shape index (κ1) is 13.8. The molecule has 3 rings (SSSR count). The van der Waals surface area contributed by atoms with Crippen LogP contribution in [0.2, 0.25) is 0 Å². The molecule has 0 saturated carbocycles. The van der Waals surface area contributed by atoms with Crippen molar-refractivity contribution in [2.45, 2.75) is 19.4 Å². The molecule has 112 valence electrons. The molecular weight excluding hydrogens is 272 g/mol. The minimum atomic E-state index is -1.02. The van der Waals surface area contributed by atoms with Gasteiger partial charge in [-0.3, -0.25) is 4.68 Å². The Morgan fingerprint density at radius 2 is 2.19 bits per heavy atom. The first-order chi connectivity index (χ1) is 9.99. The summed E-state index contributed by atoms with van der Waals surface area (Å²) in [4.78, 5) is 17.6. The first-order valence-corrected chi connectivity index (χ1v) is 6.96. The summed E-state index contributed by atoms with van der Waals surface area (Å²) in [5, 5.41) is 24.4. The molecule has 0 spiro atoms. The lowest BCUT2D eigenvalue weighted by atomic mass is 9.95. The van der Waals surface area contributed by atoms with E-state index in [4.69, 9.17) is 0 Å². The van der Waals surface area contributed by atoms with E-state index in [-0.39, 0.29) is 11.5 Å². The summed E-state index contributed by atoms with van der Waals surface area (Å²) in [5.74, 6) is -0.794. The number of nitrogens with zero attached hydrogens (tertiary/aromatic N) is 4. The highest BCUT2D eigenvalue weighted by Gasteiger charge is 2.29. The van der Waals surface area contributed by atoms with Gasteiger partial charge in [0.15, 0.2) is 5.65 Å². The maximum absolute atomic E-state index is 11.5. The van der Waals surface area contributed by atoms with Crippen LogP contribution in [0.4, 0.5) is 5.69 Å². The number of aromatic nitrogens is 3. The number of aryl methyl sites for hydroxylation is 1. The van der Waals surface area contributed by atoms with Gasteiger partial charge in [0.25, 0.3) is 0 Å². The average molecular weight is 290 g/mol. The number of fused-ring (bicyclic) bond motifs is 1. The number of aromatic carboxylic acids is 1. The second-order valence-corrected chi connectivity index (χ2v) is 5.61. The first-order valence-electron chi connectivity index (χ1n) is 6.96. The molecule has 21 heavy (non-hydrogen) atoms. The van der Waals surface area contributed by atoms with Crippen LogP contribution in [0.15, 0.2) is 12.4 Å². The quantitative estimate of drug-likeness (QED) is 0.853. The van der Waals surface area contributed by atoms with Gasteiger partial charge in [-0.2, -0.15) is 5.10 Å². The molecule has 1 fully saturated rings. The number of anilines is 1. The number of carboxylic acid groups (broad SMARTS) is 1. The van der Waals surface area contributed by atoms with Crippen molar-refractivity contribution in [2.24, 2.45) is 13.0 Å². The van der Waals surface area contributed by atoms with Gasteiger partial charge in [-0.1, -0.05) is 6.92 Å². The highest BCUT2D eigenvalue weighted by Crippen LogP contribution is 2.32. The van der Waals surface area contributed by atoms with Crippen molar-refractivity contribution >= 4 is 22.7 Å². The second kappa shape index (κ2) is 5.00. The molecule has 3 heterocycles. The van der Waals surface area contributed by atoms with Gasteiger partial charge in [0.05, 0.1) is 23.4 Å².